The first-order valence-electron chi connectivity index (χ1n) is 4.82. The fourth-order valence-electron chi connectivity index (χ4n) is 1.13. The van der Waals surface area contributed by atoms with Crippen molar-refractivity contribution in [2.24, 2.45) is 0 Å². The molecule has 0 atom stereocenters. The third kappa shape index (κ3) is 3.98. The molecule has 0 unspecified atom stereocenters. The lowest BCUT2D eigenvalue weighted by atomic mass is 10.1. The SMILES string of the molecule is COC(=O)CC(=O)/C=C(\O)c1ccc(O)cc1. The van der Waals surface area contributed by atoms with Crippen LogP contribution in [0.25, 0.3) is 5.76 Å². The van der Waals surface area contributed by atoms with E-state index < -0.39 is 18.2 Å². The average molecular weight is 236 g/mol. The number of ether oxygens (including phenoxy) is 1. The molecule has 5 heteroatoms. The Morgan fingerprint density at radius 2 is 1.88 bits per heavy atom. The Morgan fingerprint density at radius 1 is 1.29 bits per heavy atom. The number of phenols is 1. The van der Waals surface area contributed by atoms with Crippen LogP contribution < -0.4 is 0 Å². The number of aliphatic hydroxyl groups is 1. The molecule has 0 heterocycles. The molecule has 1 rings (SSSR count). The number of allylic oxidation sites excluding steroid dienone is 1. The zero-order valence-electron chi connectivity index (χ0n) is 9.21. The molecule has 0 amide bonds. The molecule has 0 fully saturated rings. The molecule has 1 aromatic rings. The van der Waals surface area contributed by atoms with Crippen molar-refractivity contribution < 1.29 is 24.5 Å². The lowest BCUT2D eigenvalue weighted by molar-refractivity contribution is -0.142. The first-order chi connectivity index (χ1) is 8.02. The van der Waals surface area contributed by atoms with Crippen LogP contribution in [0.3, 0.4) is 0 Å². The molecule has 90 valence electrons. The zero-order chi connectivity index (χ0) is 12.8. The van der Waals surface area contributed by atoms with Gasteiger partial charge in [0, 0.05) is 11.6 Å². The molecule has 0 bridgehead atoms. The maximum Gasteiger partial charge on any atom is 0.313 e. The number of hydrogen-bond donors (Lipinski definition) is 2. The van der Waals surface area contributed by atoms with Crippen molar-refractivity contribution in [1.29, 1.82) is 0 Å². The number of methoxy groups -OCH3 is 1. The van der Waals surface area contributed by atoms with Crippen molar-refractivity contribution in [2.75, 3.05) is 7.11 Å². The summed E-state index contributed by atoms with van der Waals surface area (Å²) in [5.74, 6) is -1.42. The van der Waals surface area contributed by atoms with Gasteiger partial charge in [-0.2, -0.15) is 0 Å². The molecule has 17 heavy (non-hydrogen) atoms. The van der Waals surface area contributed by atoms with Gasteiger partial charge in [0.1, 0.15) is 17.9 Å². The summed E-state index contributed by atoms with van der Waals surface area (Å²) in [4.78, 5) is 22.1. The predicted octanol–water partition coefficient (Wildman–Crippen LogP) is 1.42. The van der Waals surface area contributed by atoms with Gasteiger partial charge in [0.15, 0.2) is 5.78 Å². The van der Waals surface area contributed by atoms with E-state index in [4.69, 9.17) is 5.11 Å². The summed E-state index contributed by atoms with van der Waals surface area (Å²) in [6.07, 6.45) is 0.530. The smallest absolute Gasteiger partial charge is 0.313 e. The summed E-state index contributed by atoms with van der Waals surface area (Å²) < 4.78 is 4.32. The van der Waals surface area contributed by atoms with Gasteiger partial charge in [-0.25, -0.2) is 0 Å². The van der Waals surface area contributed by atoms with Crippen molar-refractivity contribution in [3.05, 3.63) is 35.9 Å². The maximum atomic E-state index is 11.3. The first-order valence-corrected chi connectivity index (χ1v) is 4.82. The zero-order valence-corrected chi connectivity index (χ0v) is 9.21. The minimum absolute atomic E-state index is 0.0578. The predicted molar refractivity (Wildman–Crippen MR) is 60.4 cm³/mol. The molecule has 0 aliphatic heterocycles. The first kappa shape index (κ1) is 12.8. The minimum atomic E-state index is -0.662. The van der Waals surface area contributed by atoms with Gasteiger partial charge >= 0.3 is 5.97 Å². The van der Waals surface area contributed by atoms with Crippen molar-refractivity contribution in [3.8, 4) is 5.75 Å². The summed E-state index contributed by atoms with van der Waals surface area (Å²) in [7, 11) is 1.18. The number of rotatable bonds is 4. The molecule has 0 aromatic heterocycles. The minimum Gasteiger partial charge on any atom is -0.508 e. The van der Waals surface area contributed by atoms with E-state index in [1.807, 2.05) is 0 Å². The number of hydrogen-bond acceptors (Lipinski definition) is 5. The van der Waals surface area contributed by atoms with E-state index in [2.05, 4.69) is 4.74 Å². The standard InChI is InChI=1S/C12H12O5/c1-17-12(16)7-10(14)6-11(15)8-2-4-9(13)5-3-8/h2-6,13,15H,7H2,1H3/b11-6-. The second-order valence-corrected chi connectivity index (χ2v) is 3.30. The summed E-state index contributed by atoms with van der Waals surface area (Å²) >= 11 is 0. The fourth-order valence-corrected chi connectivity index (χ4v) is 1.13. The van der Waals surface area contributed by atoms with Gasteiger partial charge in [-0.3, -0.25) is 9.59 Å². The number of aliphatic hydroxyl groups excluding tert-OH is 1. The molecule has 1 aromatic carbocycles. The second-order valence-electron chi connectivity index (χ2n) is 3.30. The van der Waals surface area contributed by atoms with Crippen LogP contribution in [-0.2, 0) is 14.3 Å². The van der Waals surface area contributed by atoms with Crippen LogP contribution >= 0.6 is 0 Å². The Morgan fingerprint density at radius 3 is 2.41 bits per heavy atom. The fraction of sp³-hybridized carbons (Fsp3) is 0.167. The van der Waals surface area contributed by atoms with Crippen LogP contribution in [0.2, 0.25) is 0 Å². The molecular formula is C12H12O5. The topological polar surface area (TPSA) is 83.8 Å². The molecule has 5 nitrogen and oxygen atoms in total. The van der Waals surface area contributed by atoms with E-state index in [9.17, 15) is 14.7 Å². The third-order valence-corrected chi connectivity index (χ3v) is 2.01. The molecular weight excluding hydrogens is 224 g/mol. The largest absolute Gasteiger partial charge is 0.508 e. The van der Waals surface area contributed by atoms with E-state index in [0.717, 1.165) is 6.08 Å². The van der Waals surface area contributed by atoms with Crippen LogP contribution in [0.4, 0.5) is 0 Å². The van der Waals surface area contributed by atoms with Crippen LogP contribution in [0.15, 0.2) is 30.3 Å². The maximum absolute atomic E-state index is 11.3. The number of benzene rings is 1. The van der Waals surface area contributed by atoms with Gasteiger partial charge in [0.25, 0.3) is 0 Å². The number of esters is 1. The van der Waals surface area contributed by atoms with Gasteiger partial charge in [-0.1, -0.05) is 0 Å². The number of phenolic OH excluding ortho intramolecular Hbond substituents is 1. The second kappa shape index (κ2) is 5.69. The molecule has 0 spiro atoms. The lowest BCUT2D eigenvalue weighted by Gasteiger charge is -2.00. The summed E-state index contributed by atoms with van der Waals surface area (Å²) in [6.45, 7) is 0. The number of carbonyl (C=O) groups is 2. The van der Waals surface area contributed by atoms with Crippen LogP contribution in [0, 0.1) is 0 Å². The molecule has 0 aliphatic carbocycles. The van der Waals surface area contributed by atoms with Crippen LogP contribution in [0.1, 0.15) is 12.0 Å². The van der Waals surface area contributed by atoms with Gasteiger partial charge in [0.2, 0.25) is 0 Å². The molecule has 0 saturated carbocycles. The van der Waals surface area contributed by atoms with Gasteiger partial charge in [0.05, 0.1) is 7.11 Å². The van der Waals surface area contributed by atoms with Crippen LogP contribution in [-0.4, -0.2) is 29.1 Å². The monoisotopic (exact) mass is 236 g/mol. The quantitative estimate of drug-likeness (QED) is 0.357. The highest BCUT2D eigenvalue weighted by atomic mass is 16.5. The third-order valence-electron chi connectivity index (χ3n) is 2.01. The van der Waals surface area contributed by atoms with E-state index in [-0.39, 0.29) is 11.5 Å². The highest BCUT2D eigenvalue weighted by Gasteiger charge is 2.09. The summed E-state index contributed by atoms with van der Waals surface area (Å²) in [5, 5.41) is 18.6. The Hall–Kier alpha value is -2.30. The van der Waals surface area contributed by atoms with Crippen molar-refractivity contribution >= 4 is 17.5 Å². The molecule has 0 saturated heterocycles. The Labute approximate surface area is 98.0 Å². The van der Waals surface area contributed by atoms with Crippen molar-refractivity contribution in [3.63, 3.8) is 0 Å². The highest BCUT2D eigenvalue weighted by molar-refractivity contribution is 6.04. The average Bonchev–Trinajstić information content (AvgIpc) is 2.29. The number of aromatic hydroxyl groups is 1. The van der Waals surface area contributed by atoms with E-state index in [0.29, 0.717) is 5.56 Å². The number of ketones is 1. The van der Waals surface area contributed by atoms with Gasteiger partial charge in [-0.05, 0) is 24.3 Å². The summed E-state index contributed by atoms with van der Waals surface area (Å²) in [5.41, 5.74) is 0.376. The van der Waals surface area contributed by atoms with Crippen molar-refractivity contribution in [1.82, 2.24) is 0 Å². The van der Waals surface area contributed by atoms with Gasteiger partial charge < -0.3 is 14.9 Å². The molecule has 2 N–H and O–H groups in total. The number of carbonyl (C=O) groups excluding carboxylic acids is 2. The normalized spacial score (nSPS) is 11.0. The molecule has 0 aliphatic rings. The van der Waals surface area contributed by atoms with E-state index >= 15 is 0 Å². The Bertz CT molecular complexity index is 444. The van der Waals surface area contributed by atoms with Crippen LogP contribution in [0.5, 0.6) is 5.75 Å². The highest BCUT2D eigenvalue weighted by Crippen LogP contribution is 2.15. The van der Waals surface area contributed by atoms with Crippen molar-refractivity contribution in [2.45, 2.75) is 6.42 Å². The molecule has 0 radical (unpaired) electrons. The lowest BCUT2D eigenvalue weighted by Crippen LogP contribution is -2.07. The van der Waals surface area contributed by atoms with E-state index in [1.165, 1.54) is 31.4 Å². The Kier molecular flexibility index (Phi) is 4.28. The van der Waals surface area contributed by atoms with E-state index in [1.54, 1.807) is 0 Å². The van der Waals surface area contributed by atoms with Gasteiger partial charge in [-0.15, -0.1) is 0 Å². The summed E-state index contributed by atoms with van der Waals surface area (Å²) in [6, 6.07) is 5.66. The Balaban J connectivity index is 2.75.